The molecule has 4 nitrogen and oxygen atoms in total. The average Bonchev–Trinajstić information content (AvgIpc) is 2.86. The molecule has 2 aromatic rings. The van der Waals surface area contributed by atoms with Gasteiger partial charge < -0.3 is 14.8 Å². The predicted molar refractivity (Wildman–Crippen MR) is 76.5 cm³/mol. The molecule has 0 radical (unpaired) electrons. The van der Waals surface area contributed by atoms with Gasteiger partial charge in [0.1, 0.15) is 12.4 Å². The van der Waals surface area contributed by atoms with Crippen LogP contribution in [0, 0.1) is 25.7 Å². The van der Waals surface area contributed by atoms with Crippen molar-refractivity contribution in [2.75, 3.05) is 11.9 Å². The first-order chi connectivity index (χ1) is 9.60. The minimum Gasteiger partial charge on any atom is -0.456 e. The topological polar surface area (TPSA) is 62.5 Å². The standard InChI is InChI=1S/C16H15NO3/c1-11-5-7-13(4-3-9-18)10-14(11)17-16(19)15-8-6-12(2)20-15/h5-8,10,18H,9H2,1-2H3,(H,17,19). The molecular weight excluding hydrogens is 254 g/mol. The number of amides is 1. The molecule has 0 aliphatic carbocycles. The minimum atomic E-state index is -0.298. The molecule has 20 heavy (non-hydrogen) atoms. The summed E-state index contributed by atoms with van der Waals surface area (Å²) in [6.45, 7) is 3.49. The van der Waals surface area contributed by atoms with E-state index in [2.05, 4.69) is 17.2 Å². The van der Waals surface area contributed by atoms with Gasteiger partial charge in [-0.3, -0.25) is 4.79 Å². The van der Waals surface area contributed by atoms with E-state index < -0.39 is 0 Å². The fourth-order valence-corrected chi connectivity index (χ4v) is 1.72. The molecule has 2 rings (SSSR count). The zero-order valence-electron chi connectivity index (χ0n) is 11.4. The summed E-state index contributed by atoms with van der Waals surface area (Å²) in [6, 6.07) is 8.85. The highest BCUT2D eigenvalue weighted by Gasteiger charge is 2.11. The number of carbonyl (C=O) groups excluding carboxylic acids is 1. The minimum absolute atomic E-state index is 0.193. The maximum atomic E-state index is 12.0. The van der Waals surface area contributed by atoms with Crippen molar-refractivity contribution >= 4 is 11.6 Å². The van der Waals surface area contributed by atoms with Gasteiger partial charge in [0.15, 0.2) is 5.76 Å². The highest BCUT2D eigenvalue weighted by Crippen LogP contribution is 2.18. The molecule has 4 heteroatoms. The van der Waals surface area contributed by atoms with Crippen molar-refractivity contribution in [1.29, 1.82) is 0 Å². The summed E-state index contributed by atoms with van der Waals surface area (Å²) in [5.74, 6) is 6.04. The second kappa shape index (κ2) is 6.09. The first-order valence-corrected chi connectivity index (χ1v) is 6.18. The van der Waals surface area contributed by atoms with Crippen LogP contribution in [0.3, 0.4) is 0 Å². The third kappa shape index (κ3) is 3.28. The first-order valence-electron chi connectivity index (χ1n) is 6.18. The highest BCUT2D eigenvalue weighted by atomic mass is 16.3. The Balaban J connectivity index is 2.22. The molecule has 0 saturated heterocycles. The summed E-state index contributed by atoms with van der Waals surface area (Å²) >= 11 is 0. The third-order valence-electron chi connectivity index (χ3n) is 2.76. The van der Waals surface area contributed by atoms with Crippen LogP contribution in [0.15, 0.2) is 34.7 Å². The third-order valence-corrected chi connectivity index (χ3v) is 2.76. The van der Waals surface area contributed by atoms with Crippen LogP contribution in [0.25, 0.3) is 0 Å². The molecule has 1 heterocycles. The lowest BCUT2D eigenvalue weighted by molar-refractivity contribution is 0.0995. The van der Waals surface area contributed by atoms with Crippen LogP contribution >= 0.6 is 0 Å². The van der Waals surface area contributed by atoms with Crippen LogP contribution in [0.5, 0.6) is 0 Å². The Morgan fingerprint density at radius 2 is 2.10 bits per heavy atom. The van der Waals surface area contributed by atoms with E-state index in [9.17, 15) is 4.79 Å². The molecule has 0 saturated carbocycles. The van der Waals surface area contributed by atoms with Crippen LogP contribution in [0.1, 0.15) is 27.4 Å². The molecule has 0 spiro atoms. The van der Waals surface area contributed by atoms with Gasteiger partial charge >= 0.3 is 0 Å². The number of aliphatic hydroxyl groups excluding tert-OH is 1. The van der Waals surface area contributed by atoms with Gasteiger partial charge in [0.25, 0.3) is 5.91 Å². The number of aryl methyl sites for hydroxylation is 2. The number of rotatable bonds is 2. The second-order valence-corrected chi connectivity index (χ2v) is 4.35. The number of hydrogen-bond donors (Lipinski definition) is 2. The van der Waals surface area contributed by atoms with Gasteiger partial charge in [0.05, 0.1) is 0 Å². The Morgan fingerprint density at radius 1 is 1.30 bits per heavy atom. The lowest BCUT2D eigenvalue weighted by Crippen LogP contribution is -2.12. The quantitative estimate of drug-likeness (QED) is 0.823. The fraction of sp³-hybridized carbons (Fsp3) is 0.188. The maximum Gasteiger partial charge on any atom is 0.291 e. The van der Waals surface area contributed by atoms with E-state index in [1.54, 1.807) is 25.1 Å². The summed E-state index contributed by atoms with van der Waals surface area (Å²) in [4.78, 5) is 12.0. The average molecular weight is 269 g/mol. The smallest absolute Gasteiger partial charge is 0.291 e. The van der Waals surface area contributed by atoms with E-state index in [1.165, 1.54) is 0 Å². The van der Waals surface area contributed by atoms with Gasteiger partial charge in [0, 0.05) is 11.3 Å². The lowest BCUT2D eigenvalue weighted by Gasteiger charge is -2.07. The van der Waals surface area contributed by atoms with E-state index in [0.29, 0.717) is 11.4 Å². The van der Waals surface area contributed by atoms with E-state index in [-0.39, 0.29) is 18.3 Å². The zero-order chi connectivity index (χ0) is 14.5. The van der Waals surface area contributed by atoms with Crippen LogP contribution in [-0.2, 0) is 0 Å². The number of anilines is 1. The van der Waals surface area contributed by atoms with Gasteiger partial charge in [0.2, 0.25) is 0 Å². The summed E-state index contributed by atoms with van der Waals surface area (Å²) in [6.07, 6.45) is 0. The first kappa shape index (κ1) is 13.9. The van der Waals surface area contributed by atoms with Crippen molar-refractivity contribution in [3.8, 4) is 11.8 Å². The number of nitrogens with one attached hydrogen (secondary N) is 1. The van der Waals surface area contributed by atoms with Crippen LogP contribution < -0.4 is 5.32 Å². The Hall–Kier alpha value is -2.51. The number of aliphatic hydroxyl groups is 1. The molecule has 1 amide bonds. The lowest BCUT2D eigenvalue weighted by atomic mass is 10.1. The summed E-state index contributed by atoms with van der Waals surface area (Å²) < 4.78 is 5.28. The molecule has 0 aliphatic heterocycles. The molecule has 0 unspecified atom stereocenters. The van der Waals surface area contributed by atoms with E-state index >= 15 is 0 Å². The SMILES string of the molecule is Cc1ccc(C(=O)Nc2cc(C#CCO)ccc2C)o1. The Bertz CT molecular complexity index is 689. The van der Waals surface area contributed by atoms with E-state index in [1.807, 2.05) is 19.1 Å². The van der Waals surface area contributed by atoms with Gasteiger partial charge in [-0.05, 0) is 43.7 Å². The molecule has 0 bridgehead atoms. The van der Waals surface area contributed by atoms with Gasteiger partial charge in [-0.1, -0.05) is 17.9 Å². The van der Waals surface area contributed by atoms with E-state index in [4.69, 9.17) is 9.52 Å². The summed E-state index contributed by atoms with van der Waals surface area (Å²) in [7, 11) is 0. The molecule has 1 aromatic carbocycles. The largest absolute Gasteiger partial charge is 0.456 e. The molecule has 0 fully saturated rings. The number of benzene rings is 1. The molecule has 0 aliphatic rings. The van der Waals surface area contributed by atoms with Crippen molar-refractivity contribution < 1.29 is 14.3 Å². The molecule has 2 N–H and O–H groups in total. The van der Waals surface area contributed by atoms with Crippen molar-refractivity contribution in [1.82, 2.24) is 0 Å². The van der Waals surface area contributed by atoms with Crippen LogP contribution in [-0.4, -0.2) is 17.6 Å². The van der Waals surface area contributed by atoms with Crippen molar-refractivity contribution in [3.05, 3.63) is 53.0 Å². The molecular formula is C16H15NO3. The monoisotopic (exact) mass is 269 g/mol. The Morgan fingerprint density at radius 3 is 2.75 bits per heavy atom. The molecule has 102 valence electrons. The zero-order valence-corrected chi connectivity index (χ0v) is 11.4. The van der Waals surface area contributed by atoms with Crippen molar-refractivity contribution in [2.24, 2.45) is 0 Å². The number of hydrogen-bond acceptors (Lipinski definition) is 3. The van der Waals surface area contributed by atoms with Gasteiger partial charge in [-0.25, -0.2) is 0 Å². The van der Waals surface area contributed by atoms with Gasteiger partial charge in [-0.2, -0.15) is 0 Å². The Labute approximate surface area is 117 Å². The van der Waals surface area contributed by atoms with E-state index in [0.717, 1.165) is 11.1 Å². The van der Waals surface area contributed by atoms with Crippen LogP contribution in [0.2, 0.25) is 0 Å². The summed E-state index contributed by atoms with van der Waals surface area (Å²) in [5, 5.41) is 11.5. The maximum absolute atomic E-state index is 12.0. The number of furan rings is 1. The second-order valence-electron chi connectivity index (χ2n) is 4.35. The van der Waals surface area contributed by atoms with Crippen LogP contribution in [0.4, 0.5) is 5.69 Å². The Kier molecular flexibility index (Phi) is 4.24. The fourth-order valence-electron chi connectivity index (χ4n) is 1.72. The molecule has 0 atom stereocenters. The predicted octanol–water partition coefficient (Wildman–Crippen LogP) is 2.49. The normalized spacial score (nSPS) is 9.75. The summed E-state index contributed by atoms with van der Waals surface area (Å²) in [5.41, 5.74) is 2.33. The number of carbonyl (C=O) groups is 1. The van der Waals surface area contributed by atoms with Gasteiger partial charge in [-0.15, -0.1) is 0 Å². The highest BCUT2D eigenvalue weighted by molar-refractivity contribution is 6.02. The molecule has 1 aromatic heterocycles. The van der Waals surface area contributed by atoms with Crippen molar-refractivity contribution in [2.45, 2.75) is 13.8 Å². The van der Waals surface area contributed by atoms with Crippen molar-refractivity contribution in [3.63, 3.8) is 0 Å².